The van der Waals surface area contributed by atoms with E-state index < -0.39 is 0 Å². The highest BCUT2D eigenvalue weighted by Gasteiger charge is 2.24. The van der Waals surface area contributed by atoms with Gasteiger partial charge in [-0.15, -0.1) is 0 Å². The predicted octanol–water partition coefficient (Wildman–Crippen LogP) is 0.271. The Labute approximate surface area is 82.0 Å². The minimum Gasteiger partial charge on any atom is -0.377 e. The lowest BCUT2D eigenvalue weighted by Crippen LogP contribution is -2.47. The minimum absolute atomic E-state index is 0.0227. The molecule has 1 N–H and O–H groups in total. The number of amides is 1. The van der Waals surface area contributed by atoms with Crippen molar-refractivity contribution in [1.29, 1.82) is 0 Å². The maximum atomic E-state index is 11.9. The first-order valence-electron chi connectivity index (χ1n) is 4.66. The fraction of sp³-hybridized carbons (Fsp3) is 0.556. The van der Waals surface area contributed by atoms with Crippen molar-refractivity contribution in [1.82, 2.24) is 15.1 Å². The molecule has 1 aromatic heterocycles. The number of morpholine rings is 1. The average molecular weight is 195 g/mol. The van der Waals surface area contributed by atoms with Gasteiger partial charge < -0.3 is 9.64 Å². The van der Waals surface area contributed by atoms with Gasteiger partial charge >= 0.3 is 0 Å². The van der Waals surface area contributed by atoms with Crippen LogP contribution in [0.3, 0.4) is 0 Å². The second-order valence-electron chi connectivity index (χ2n) is 3.41. The third-order valence-corrected chi connectivity index (χ3v) is 2.37. The number of nitrogens with zero attached hydrogens (tertiary/aromatic N) is 2. The molecule has 5 nitrogen and oxygen atoms in total. The molecule has 76 valence electrons. The smallest absolute Gasteiger partial charge is 0.257 e. The molecule has 0 unspecified atom stereocenters. The molecule has 1 saturated heterocycles. The van der Waals surface area contributed by atoms with Crippen LogP contribution in [0.2, 0.25) is 0 Å². The molecule has 0 bridgehead atoms. The number of aromatic amines is 1. The summed E-state index contributed by atoms with van der Waals surface area (Å²) in [5.41, 5.74) is 0.610. The molecule has 2 heterocycles. The van der Waals surface area contributed by atoms with Crippen LogP contribution in [0.1, 0.15) is 17.3 Å². The molecule has 1 fully saturated rings. The third-order valence-electron chi connectivity index (χ3n) is 2.37. The number of aromatic nitrogens is 2. The standard InChI is InChI=1S/C9H13N3O2/c1-7-6-14-3-2-12(7)9(13)8-4-10-11-5-8/h4-5,7H,2-3,6H2,1H3,(H,10,11)/t7-/m1/s1. The molecule has 0 aliphatic carbocycles. The highest BCUT2D eigenvalue weighted by atomic mass is 16.5. The number of carbonyl (C=O) groups is 1. The Morgan fingerprint density at radius 2 is 2.64 bits per heavy atom. The normalized spacial score (nSPS) is 22.4. The van der Waals surface area contributed by atoms with Crippen molar-refractivity contribution < 1.29 is 9.53 Å². The van der Waals surface area contributed by atoms with Gasteiger partial charge in [-0.1, -0.05) is 0 Å². The number of nitrogens with one attached hydrogen (secondary N) is 1. The van der Waals surface area contributed by atoms with Crippen LogP contribution >= 0.6 is 0 Å². The van der Waals surface area contributed by atoms with Gasteiger partial charge in [-0.3, -0.25) is 9.89 Å². The lowest BCUT2D eigenvalue weighted by molar-refractivity contribution is 0.00360. The van der Waals surface area contributed by atoms with Crippen molar-refractivity contribution in [2.24, 2.45) is 0 Å². The van der Waals surface area contributed by atoms with Crippen LogP contribution in [-0.2, 0) is 4.74 Å². The maximum Gasteiger partial charge on any atom is 0.257 e. The van der Waals surface area contributed by atoms with Crippen LogP contribution in [0.4, 0.5) is 0 Å². The van der Waals surface area contributed by atoms with Crippen molar-refractivity contribution in [3.05, 3.63) is 18.0 Å². The lowest BCUT2D eigenvalue weighted by Gasteiger charge is -2.32. The second-order valence-corrected chi connectivity index (χ2v) is 3.41. The van der Waals surface area contributed by atoms with Crippen molar-refractivity contribution in [3.63, 3.8) is 0 Å². The third kappa shape index (κ3) is 1.63. The average Bonchev–Trinajstić information content (AvgIpc) is 2.70. The number of hydrogen-bond acceptors (Lipinski definition) is 3. The number of ether oxygens (including phenoxy) is 1. The van der Waals surface area contributed by atoms with Crippen molar-refractivity contribution in [3.8, 4) is 0 Å². The molecule has 5 heteroatoms. The first-order chi connectivity index (χ1) is 6.79. The van der Waals surface area contributed by atoms with E-state index in [2.05, 4.69) is 10.2 Å². The molecule has 1 aliphatic rings. The Kier molecular flexibility index (Phi) is 2.49. The summed E-state index contributed by atoms with van der Waals surface area (Å²) in [6.07, 6.45) is 3.16. The molecule has 0 spiro atoms. The number of carbonyl (C=O) groups excluding carboxylic acids is 1. The molecule has 0 radical (unpaired) electrons. The van der Waals surface area contributed by atoms with Crippen LogP contribution < -0.4 is 0 Å². The van der Waals surface area contributed by atoms with Gasteiger partial charge in [-0.25, -0.2) is 0 Å². The summed E-state index contributed by atoms with van der Waals surface area (Å²) in [6.45, 7) is 3.87. The summed E-state index contributed by atoms with van der Waals surface area (Å²) in [5.74, 6) is 0.0227. The van der Waals surface area contributed by atoms with Gasteiger partial charge in [-0.05, 0) is 6.92 Å². The van der Waals surface area contributed by atoms with Gasteiger partial charge in [0.25, 0.3) is 5.91 Å². The fourth-order valence-corrected chi connectivity index (χ4v) is 1.56. The van der Waals surface area contributed by atoms with E-state index in [1.54, 1.807) is 12.4 Å². The van der Waals surface area contributed by atoms with Gasteiger partial charge in [0.05, 0.1) is 31.0 Å². The van der Waals surface area contributed by atoms with E-state index in [1.807, 2.05) is 11.8 Å². The molecule has 2 rings (SSSR count). The monoisotopic (exact) mass is 195 g/mol. The zero-order valence-electron chi connectivity index (χ0n) is 8.06. The SMILES string of the molecule is C[C@@H]1COCCN1C(=O)c1cn[nH]c1. The van der Waals surface area contributed by atoms with Gasteiger partial charge in [0, 0.05) is 12.7 Å². The fourth-order valence-electron chi connectivity index (χ4n) is 1.56. The minimum atomic E-state index is 0.0227. The van der Waals surface area contributed by atoms with Gasteiger partial charge in [-0.2, -0.15) is 5.10 Å². The van der Waals surface area contributed by atoms with E-state index in [0.29, 0.717) is 25.3 Å². The quantitative estimate of drug-likeness (QED) is 0.699. The van der Waals surface area contributed by atoms with Crippen LogP contribution in [0.5, 0.6) is 0 Å². The molecule has 1 amide bonds. The maximum absolute atomic E-state index is 11.9. The van der Waals surface area contributed by atoms with Crippen LogP contribution in [0.25, 0.3) is 0 Å². The van der Waals surface area contributed by atoms with E-state index >= 15 is 0 Å². The van der Waals surface area contributed by atoms with Crippen molar-refractivity contribution in [2.45, 2.75) is 13.0 Å². The van der Waals surface area contributed by atoms with E-state index in [0.717, 1.165) is 0 Å². The van der Waals surface area contributed by atoms with E-state index in [9.17, 15) is 4.79 Å². The molecule has 0 aromatic carbocycles. The molecule has 1 atom stereocenters. The van der Waals surface area contributed by atoms with Gasteiger partial charge in [0.2, 0.25) is 0 Å². The van der Waals surface area contributed by atoms with Crippen molar-refractivity contribution in [2.75, 3.05) is 19.8 Å². The summed E-state index contributed by atoms with van der Waals surface area (Å²) in [7, 11) is 0. The first kappa shape index (κ1) is 9.21. The summed E-state index contributed by atoms with van der Waals surface area (Å²) >= 11 is 0. The van der Waals surface area contributed by atoms with Crippen LogP contribution in [0.15, 0.2) is 12.4 Å². The number of rotatable bonds is 1. The Bertz CT molecular complexity index is 310. The molecular formula is C9H13N3O2. The number of hydrogen-bond donors (Lipinski definition) is 1. The zero-order chi connectivity index (χ0) is 9.97. The van der Waals surface area contributed by atoms with Crippen LogP contribution in [-0.4, -0.2) is 46.8 Å². The first-order valence-corrected chi connectivity index (χ1v) is 4.66. The lowest BCUT2D eigenvalue weighted by atomic mass is 10.2. The molecule has 14 heavy (non-hydrogen) atoms. The summed E-state index contributed by atoms with van der Waals surface area (Å²) in [6, 6.07) is 0.145. The van der Waals surface area contributed by atoms with E-state index in [-0.39, 0.29) is 11.9 Å². The van der Waals surface area contributed by atoms with Gasteiger partial charge in [0.15, 0.2) is 0 Å². The Balaban J connectivity index is 2.10. The Morgan fingerprint density at radius 1 is 1.79 bits per heavy atom. The predicted molar refractivity (Wildman–Crippen MR) is 49.9 cm³/mol. The van der Waals surface area contributed by atoms with E-state index in [4.69, 9.17) is 4.74 Å². The summed E-state index contributed by atoms with van der Waals surface area (Å²) in [4.78, 5) is 13.7. The highest BCUT2D eigenvalue weighted by Crippen LogP contribution is 2.10. The zero-order valence-corrected chi connectivity index (χ0v) is 8.06. The number of H-pyrrole nitrogens is 1. The largest absolute Gasteiger partial charge is 0.377 e. The van der Waals surface area contributed by atoms with E-state index in [1.165, 1.54) is 0 Å². The second kappa shape index (κ2) is 3.79. The topological polar surface area (TPSA) is 58.2 Å². The summed E-state index contributed by atoms with van der Waals surface area (Å²) in [5, 5.41) is 6.40. The Hall–Kier alpha value is -1.36. The highest BCUT2D eigenvalue weighted by molar-refractivity contribution is 5.93. The van der Waals surface area contributed by atoms with Crippen LogP contribution in [0, 0.1) is 0 Å². The molecule has 1 aromatic rings. The molecule has 1 aliphatic heterocycles. The summed E-state index contributed by atoms with van der Waals surface area (Å²) < 4.78 is 5.26. The molecule has 0 saturated carbocycles. The van der Waals surface area contributed by atoms with Gasteiger partial charge in [0.1, 0.15) is 0 Å². The Morgan fingerprint density at radius 3 is 3.29 bits per heavy atom. The molecular weight excluding hydrogens is 182 g/mol. The van der Waals surface area contributed by atoms with Crippen molar-refractivity contribution >= 4 is 5.91 Å².